The number of hydrogen-bond acceptors (Lipinski definition) is 7. The molecule has 0 fully saturated rings. The zero-order valence-corrected chi connectivity index (χ0v) is 20.8. The van der Waals surface area contributed by atoms with Gasteiger partial charge in [-0.3, -0.25) is 14.4 Å². The lowest BCUT2D eigenvalue weighted by molar-refractivity contribution is -0.133. The van der Waals surface area contributed by atoms with Gasteiger partial charge in [-0.25, -0.2) is 0 Å². The van der Waals surface area contributed by atoms with Gasteiger partial charge in [-0.05, 0) is 42.0 Å². The number of rotatable bonds is 4. The highest BCUT2D eigenvalue weighted by Gasteiger charge is 2.54. The van der Waals surface area contributed by atoms with Gasteiger partial charge in [-0.1, -0.05) is 45.0 Å². The van der Waals surface area contributed by atoms with Gasteiger partial charge in [0.05, 0.1) is 5.69 Å². The molecule has 0 radical (unpaired) electrons. The van der Waals surface area contributed by atoms with Crippen LogP contribution in [0, 0.1) is 11.3 Å². The second-order valence-electron chi connectivity index (χ2n) is 10.2. The van der Waals surface area contributed by atoms with Crippen molar-refractivity contribution >= 4 is 44.7 Å². The number of fused-ring (bicyclic) bond motifs is 2. The van der Waals surface area contributed by atoms with E-state index in [1.165, 1.54) is 25.1 Å². The van der Waals surface area contributed by atoms with E-state index in [2.05, 4.69) is 15.0 Å². The molecule has 10 heteroatoms. The predicted molar refractivity (Wildman–Crippen MR) is 133 cm³/mol. The van der Waals surface area contributed by atoms with Gasteiger partial charge in [-0.15, -0.1) is 4.40 Å². The van der Waals surface area contributed by atoms with Crippen molar-refractivity contribution in [3.8, 4) is 0 Å². The SMILES string of the molecule is CC(=O)NC1(CCC(C)(C)C)C(=O)C(C2=NS(=O)(=O)c3cc(N)ccc3N2)C(=O)c2ccccc21. The summed E-state index contributed by atoms with van der Waals surface area (Å²) in [5.74, 6) is -3.49. The number of amides is 1. The van der Waals surface area contributed by atoms with Crippen molar-refractivity contribution in [1.82, 2.24) is 5.32 Å². The highest BCUT2D eigenvalue weighted by molar-refractivity contribution is 7.90. The fourth-order valence-corrected chi connectivity index (χ4v) is 5.79. The fraction of sp³-hybridized carbons (Fsp3) is 0.360. The van der Waals surface area contributed by atoms with Crippen LogP contribution in [0.25, 0.3) is 0 Å². The number of ketones is 2. The molecule has 2 aromatic carbocycles. The molecule has 2 aromatic rings. The number of nitrogen functional groups attached to an aromatic ring is 1. The molecule has 9 nitrogen and oxygen atoms in total. The van der Waals surface area contributed by atoms with Crippen molar-refractivity contribution in [3.05, 3.63) is 53.6 Å². The molecule has 0 saturated heterocycles. The van der Waals surface area contributed by atoms with E-state index in [4.69, 9.17) is 5.73 Å². The van der Waals surface area contributed by atoms with Gasteiger partial charge < -0.3 is 16.4 Å². The van der Waals surface area contributed by atoms with Crippen LogP contribution in [0.4, 0.5) is 11.4 Å². The summed E-state index contributed by atoms with van der Waals surface area (Å²) in [4.78, 5) is 40.0. The molecular weight excluding hydrogens is 468 g/mol. The number of Topliss-reactive ketones (excluding diaryl/α,β-unsaturated/α-hetero) is 2. The number of anilines is 2. The molecule has 0 spiro atoms. The summed E-state index contributed by atoms with van der Waals surface area (Å²) in [7, 11) is -4.23. The van der Waals surface area contributed by atoms with E-state index in [0.717, 1.165) is 0 Å². The maximum absolute atomic E-state index is 14.2. The van der Waals surface area contributed by atoms with Crippen LogP contribution in [0.15, 0.2) is 51.8 Å². The van der Waals surface area contributed by atoms with Crippen LogP contribution in [-0.2, 0) is 25.2 Å². The summed E-state index contributed by atoms with van der Waals surface area (Å²) < 4.78 is 29.7. The third kappa shape index (κ3) is 4.34. The van der Waals surface area contributed by atoms with E-state index in [1.807, 2.05) is 20.8 Å². The zero-order valence-electron chi connectivity index (χ0n) is 20.0. The Kier molecular flexibility index (Phi) is 5.83. The first kappa shape index (κ1) is 24.6. The summed E-state index contributed by atoms with van der Waals surface area (Å²) in [5.41, 5.74) is 5.08. The number of carbonyl (C=O) groups excluding carboxylic acids is 3. The first-order valence-electron chi connectivity index (χ1n) is 11.2. The van der Waals surface area contributed by atoms with Crippen molar-refractivity contribution in [2.45, 2.75) is 51.0 Å². The van der Waals surface area contributed by atoms with Crippen molar-refractivity contribution < 1.29 is 22.8 Å². The summed E-state index contributed by atoms with van der Waals surface area (Å²) >= 11 is 0. The summed E-state index contributed by atoms with van der Waals surface area (Å²) in [6.45, 7) is 7.34. The molecule has 0 aromatic heterocycles. The molecule has 2 aliphatic rings. The lowest BCUT2D eigenvalue weighted by Crippen LogP contribution is -2.60. The molecule has 0 saturated carbocycles. The smallest absolute Gasteiger partial charge is 0.286 e. The van der Waals surface area contributed by atoms with Crippen molar-refractivity contribution in [1.29, 1.82) is 0 Å². The maximum Gasteiger partial charge on any atom is 0.286 e. The third-order valence-corrected chi connectivity index (χ3v) is 7.61. The normalized spacial score (nSPS) is 23.0. The first-order valence-corrected chi connectivity index (χ1v) is 12.7. The van der Waals surface area contributed by atoms with Gasteiger partial charge in [0, 0.05) is 18.2 Å². The average Bonchev–Trinajstić information content (AvgIpc) is 2.75. The molecule has 4 rings (SSSR count). The van der Waals surface area contributed by atoms with Crippen LogP contribution < -0.4 is 16.4 Å². The average molecular weight is 497 g/mol. The van der Waals surface area contributed by atoms with E-state index < -0.39 is 39.0 Å². The quantitative estimate of drug-likeness (QED) is 0.435. The molecule has 0 bridgehead atoms. The Balaban J connectivity index is 1.91. The number of hydrogen-bond donors (Lipinski definition) is 3. The molecule has 2 unspecified atom stereocenters. The van der Waals surface area contributed by atoms with E-state index in [-0.39, 0.29) is 39.5 Å². The van der Waals surface area contributed by atoms with Crippen LogP contribution in [0.3, 0.4) is 0 Å². The van der Waals surface area contributed by atoms with E-state index >= 15 is 0 Å². The van der Waals surface area contributed by atoms with Gasteiger partial charge in [0.25, 0.3) is 10.0 Å². The fourth-order valence-electron chi connectivity index (χ4n) is 4.60. The number of sulfonamides is 1. The number of nitrogens with zero attached hydrogens (tertiary/aromatic N) is 1. The molecule has 1 aliphatic carbocycles. The Hall–Kier alpha value is -3.53. The molecule has 35 heavy (non-hydrogen) atoms. The third-order valence-electron chi connectivity index (χ3n) is 6.28. The van der Waals surface area contributed by atoms with Crippen LogP contribution in [-0.4, -0.2) is 31.7 Å². The number of nitrogens with two attached hydrogens (primary N) is 1. The largest absolute Gasteiger partial charge is 0.399 e. The molecule has 1 heterocycles. The van der Waals surface area contributed by atoms with Crippen molar-refractivity contribution in [2.24, 2.45) is 15.7 Å². The predicted octanol–water partition coefficient (Wildman–Crippen LogP) is 3.02. The standard InChI is InChI=1S/C25H28N4O5S/c1-14(30)28-25(12-11-24(2,3)4)17-8-6-5-7-16(17)21(31)20(22(25)32)23-27-18-10-9-15(26)13-19(18)35(33,34)29-23/h5-10,13,20H,11-12,26H2,1-4H3,(H,27,29)(H,28,30). The Labute approximate surface area is 204 Å². The van der Waals surface area contributed by atoms with Crippen molar-refractivity contribution in [2.75, 3.05) is 11.1 Å². The highest BCUT2D eigenvalue weighted by atomic mass is 32.2. The summed E-state index contributed by atoms with van der Waals surface area (Å²) in [5, 5.41) is 5.69. The molecule has 184 valence electrons. The minimum atomic E-state index is -4.23. The topological polar surface area (TPSA) is 148 Å². The highest BCUT2D eigenvalue weighted by Crippen LogP contribution is 2.42. The lowest BCUT2D eigenvalue weighted by atomic mass is 9.66. The minimum Gasteiger partial charge on any atom is -0.399 e. The first-order chi connectivity index (χ1) is 16.2. The van der Waals surface area contributed by atoms with Gasteiger partial charge in [0.2, 0.25) is 5.91 Å². The second kappa shape index (κ2) is 8.30. The monoisotopic (exact) mass is 496 g/mol. The number of amidine groups is 1. The van der Waals surface area contributed by atoms with E-state index in [0.29, 0.717) is 12.0 Å². The Morgan fingerprint density at radius 2 is 1.86 bits per heavy atom. The van der Waals surface area contributed by atoms with Crippen molar-refractivity contribution in [3.63, 3.8) is 0 Å². The maximum atomic E-state index is 14.2. The zero-order chi connectivity index (χ0) is 25.8. The van der Waals surface area contributed by atoms with Crippen LogP contribution >= 0.6 is 0 Å². The number of benzene rings is 2. The molecule has 4 N–H and O–H groups in total. The lowest BCUT2D eigenvalue weighted by Gasteiger charge is -2.42. The Bertz CT molecular complexity index is 1390. The molecular formula is C25H28N4O5S. The van der Waals surface area contributed by atoms with Gasteiger partial charge in [0.15, 0.2) is 11.6 Å². The van der Waals surface area contributed by atoms with Gasteiger partial charge >= 0.3 is 0 Å². The Morgan fingerprint density at radius 3 is 2.51 bits per heavy atom. The second-order valence-corrected chi connectivity index (χ2v) is 11.8. The molecule has 1 amide bonds. The summed E-state index contributed by atoms with van der Waals surface area (Å²) in [6.07, 6.45) is 0.775. The minimum absolute atomic E-state index is 0.141. The van der Waals surface area contributed by atoms with Crippen LogP contribution in [0.1, 0.15) is 56.5 Å². The number of nitrogens with one attached hydrogen (secondary N) is 2. The van der Waals surface area contributed by atoms with Crippen LogP contribution in [0.5, 0.6) is 0 Å². The summed E-state index contributed by atoms with van der Waals surface area (Å²) in [6, 6.07) is 10.8. The Morgan fingerprint density at radius 1 is 1.17 bits per heavy atom. The van der Waals surface area contributed by atoms with E-state index in [1.54, 1.807) is 24.3 Å². The molecule has 1 aliphatic heterocycles. The van der Waals surface area contributed by atoms with Gasteiger partial charge in [-0.2, -0.15) is 8.42 Å². The number of carbonyl (C=O) groups is 3. The van der Waals surface area contributed by atoms with E-state index in [9.17, 15) is 22.8 Å². The van der Waals surface area contributed by atoms with Gasteiger partial charge in [0.1, 0.15) is 22.2 Å². The molecule has 2 atom stereocenters. The van der Waals surface area contributed by atoms with Crippen LogP contribution in [0.2, 0.25) is 0 Å².